The molecule has 7 heteroatoms. The molecule has 0 aliphatic heterocycles. The third kappa shape index (κ3) is 6.07. The van der Waals surface area contributed by atoms with E-state index in [2.05, 4.69) is 0 Å². The summed E-state index contributed by atoms with van der Waals surface area (Å²) in [6.45, 7) is 1.84. The number of aryl methyl sites for hydroxylation is 1. The first kappa shape index (κ1) is 20.9. The van der Waals surface area contributed by atoms with Gasteiger partial charge >= 0.3 is 5.97 Å². The van der Waals surface area contributed by atoms with Crippen molar-refractivity contribution in [2.75, 3.05) is 0 Å². The standard InChI is InChI=1S/C12H21NO2.C7H8O3S/c13-12(8-4-1-5-9-12)11(14)15-10-6-2-3-7-10;1-6-2-4-7(5-3-6)11(8,9)10/h10H,1-9,13H2;2-5H,1H3,(H,8,9,10). The van der Waals surface area contributed by atoms with Crippen LogP contribution in [0.1, 0.15) is 63.4 Å². The van der Waals surface area contributed by atoms with Crippen LogP contribution in [-0.4, -0.2) is 30.6 Å². The first-order valence-corrected chi connectivity index (χ1v) is 10.7. The van der Waals surface area contributed by atoms with E-state index in [1.807, 2.05) is 6.92 Å². The zero-order valence-corrected chi connectivity index (χ0v) is 16.1. The Labute approximate surface area is 155 Å². The van der Waals surface area contributed by atoms with Crippen molar-refractivity contribution in [1.82, 2.24) is 0 Å². The third-order valence-electron chi connectivity index (χ3n) is 5.05. The molecule has 0 saturated heterocycles. The quantitative estimate of drug-likeness (QED) is 0.612. The molecule has 0 aromatic heterocycles. The smallest absolute Gasteiger partial charge is 0.326 e. The fourth-order valence-corrected chi connectivity index (χ4v) is 3.85. The Kier molecular flexibility index (Phi) is 7.20. The van der Waals surface area contributed by atoms with Crippen LogP contribution in [0.3, 0.4) is 0 Å². The van der Waals surface area contributed by atoms with Gasteiger partial charge in [-0.2, -0.15) is 8.42 Å². The van der Waals surface area contributed by atoms with Gasteiger partial charge in [0.15, 0.2) is 0 Å². The molecule has 1 aromatic rings. The van der Waals surface area contributed by atoms with Crippen molar-refractivity contribution in [1.29, 1.82) is 0 Å². The van der Waals surface area contributed by atoms with Gasteiger partial charge in [-0.05, 0) is 57.6 Å². The second-order valence-corrected chi connectivity index (χ2v) is 8.74. The van der Waals surface area contributed by atoms with Gasteiger partial charge in [0, 0.05) is 0 Å². The molecule has 0 unspecified atom stereocenters. The molecule has 0 amide bonds. The van der Waals surface area contributed by atoms with E-state index >= 15 is 0 Å². The van der Waals surface area contributed by atoms with Crippen LogP contribution in [-0.2, 0) is 19.6 Å². The van der Waals surface area contributed by atoms with E-state index in [4.69, 9.17) is 15.0 Å². The molecule has 0 bridgehead atoms. The second kappa shape index (κ2) is 8.97. The number of ether oxygens (including phenoxy) is 1. The van der Waals surface area contributed by atoms with Crippen LogP contribution >= 0.6 is 0 Å². The Balaban J connectivity index is 0.000000197. The Bertz CT molecular complexity index is 687. The molecule has 3 N–H and O–H groups in total. The highest BCUT2D eigenvalue weighted by Crippen LogP contribution is 2.29. The lowest BCUT2D eigenvalue weighted by molar-refractivity contribution is -0.156. The fourth-order valence-electron chi connectivity index (χ4n) is 3.37. The molecule has 3 rings (SSSR count). The van der Waals surface area contributed by atoms with Gasteiger partial charge in [0.2, 0.25) is 0 Å². The minimum Gasteiger partial charge on any atom is -0.461 e. The molecular weight excluding hydrogens is 354 g/mol. The zero-order valence-electron chi connectivity index (χ0n) is 15.3. The zero-order chi connectivity index (χ0) is 19.2. The molecule has 6 nitrogen and oxygen atoms in total. The Morgan fingerprint density at radius 3 is 2.12 bits per heavy atom. The normalized spacial score (nSPS) is 20.1. The molecule has 2 aliphatic carbocycles. The largest absolute Gasteiger partial charge is 0.461 e. The number of esters is 1. The molecule has 1 aromatic carbocycles. The number of hydrogen-bond acceptors (Lipinski definition) is 5. The average Bonchev–Trinajstić information content (AvgIpc) is 3.09. The molecular formula is C19H29NO5S. The van der Waals surface area contributed by atoms with Crippen LogP contribution < -0.4 is 5.73 Å². The number of rotatable bonds is 3. The topological polar surface area (TPSA) is 107 Å². The predicted molar refractivity (Wildman–Crippen MR) is 99.3 cm³/mol. The third-order valence-corrected chi connectivity index (χ3v) is 5.91. The fraction of sp³-hybridized carbons (Fsp3) is 0.632. The summed E-state index contributed by atoms with van der Waals surface area (Å²) in [6, 6.07) is 5.99. The van der Waals surface area contributed by atoms with Gasteiger partial charge in [0.25, 0.3) is 10.1 Å². The first-order valence-electron chi connectivity index (χ1n) is 9.25. The number of hydrogen-bond donors (Lipinski definition) is 2. The van der Waals surface area contributed by atoms with Gasteiger partial charge in [-0.25, -0.2) is 0 Å². The number of carbonyl (C=O) groups is 1. The van der Waals surface area contributed by atoms with Crippen LogP contribution in [0.2, 0.25) is 0 Å². The van der Waals surface area contributed by atoms with Gasteiger partial charge in [0.1, 0.15) is 11.6 Å². The van der Waals surface area contributed by atoms with Gasteiger partial charge in [-0.1, -0.05) is 37.0 Å². The van der Waals surface area contributed by atoms with Crippen molar-refractivity contribution in [2.24, 2.45) is 5.73 Å². The van der Waals surface area contributed by atoms with Crippen LogP contribution in [0.15, 0.2) is 29.2 Å². The number of benzene rings is 1. The molecule has 0 atom stereocenters. The van der Waals surface area contributed by atoms with Crippen molar-refractivity contribution in [3.8, 4) is 0 Å². The first-order chi connectivity index (χ1) is 12.2. The van der Waals surface area contributed by atoms with E-state index in [0.29, 0.717) is 0 Å². The van der Waals surface area contributed by atoms with E-state index in [-0.39, 0.29) is 17.0 Å². The van der Waals surface area contributed by atoms with Crippen molar-refractivity contribution in [2.45, 2.75) is 81.2 Å². The molecule has 26 heavy (non-hydrogen) atoms. The predicted octanol–water partition coefficient (Wildman–Crippen LogP) is 3.38. The Morgan fingerprint density at radius 1 is 1.08 bits per heavy atom. The van der Waals surface area contributed by atoms with E-state index in [1.165, 1.54) is 31.4 Å². The van der Waals surface area contributed by atoms with E-state index < -0.39 is 15.7 Å². The van der Waals surface area contributed by atoms with Gasteiger partial charge in [-0.3, -0.25) is 9.35 Å². The van der Waals surface area contributed by atoms with Crippen molar-refractivity contribution in [3.05, 3.63) is 29.8 Å². The molecule has 2 fully saturated rings. The highest BCUT2D eigenvalue weighted by atomic mass is 32.2. The summed E-state index contributed by atoms with van der Waals surface area (Å²) in [5.74, 6) is -0.144. The minimum atomic E-state index is -4.02. The maximum atomic E-state index is 11.9. The summed E-state index contributed by atoms with van der Waals surface area (Å²) in [7, 11) is -4.02. The maximum absolute atomic E-state index is 11.9. The molecule has 0 heterocycles. The highest BCUT2D eigenvalue weighted by molar-refractivity contribution is 7.85. The Morgan fingerprint density at radius 2 is 1.62 bits per heavy atom. The van der Waals surface area contributed by atoms with E-state index in [1.54, 1.807) is 12.1 Å². The van der Waals surface area contributed by atoms with Crippen LogP contribution in [0.4, 0.5) is 0 Å². The summed E-state index contributed by atoms with van der Waals surface area (Å²) in [5.41, 5.74) is 6.40. The molecule has 0 radical (unpaired) electrons. The van der Waals surface area contributed by atoms with Crippen LogP contribution in [0, 0.1) is 6.92 Å². The minimum absolute atomic E-state index is 0.0666. The summed E-state index contributed by atoms with van der Waals surface area (Å²) >= 11 is 0. The van der Waals surface area contributed by atoms with E-state index in [0.717, 1.165) is 44.1 Å². The lowest BCUT2D eigenvalue weighted by Crippen LogP contribution is -2.51. The molecule has 146 valence electrons. The summed E-state index contributed by atoms with van der Waals surface area (Å²) in [6.07, 6.45) is 9.54. The van der Waals surface area contributed by atoms with Crippen molar-refractivity contribution in [3.63, 3.8) is 0 Å². The summed E-state index contributed by atoms with van der Waals surface area (Å²) in [4.78, 5) is 11.9. The van der Waals surface area contributed by atoms with Crippen LogP contribution in [0.25, 0.3) is 0 Å². The second-order valence-electron chi connectivity index (χ2n) is 7.32. The Hall–Kier alpha value is -1.44. The lowest BCUT2D eigenvalue weighted by atomic mass is 9.82. The van der Waals surface area contributed by atoms with Gasteiger partial charge in [0.05, 0.1) is 4.90 Å². The molecule has 0 spiro atoms. The number of nitrogens with two attached hydrogens (primary N) is 1. The average molecular weight is 384 g/mol. The van der Waals surface area contributed by atoms with E-state index in [9.17, 15) is 13.2 Å². The molecule has 2 saturated carbocycles. The van der Waals surface area contributed by atoms with Gasteiger partial charge < -0.3 is 10.5 Å². The van der Waals surface area contributed by atoms with Gasteiger partial charge in [-0.15, -0.1) is 0 Å². The SMILES string of the molecule is Cc1ccc(S(=O)(=O)O)cc1.NC1(C(=O)OC2CCCC2)CCCCC1. The lowest BCUT2D eigenvalue weighted by Gasteiger charge is -2.31. The monoisotopic (exact) mass is 383 g/mol. The van der Waals surface area contributed by atoms with Crippen LogP contribution in [0.5, 0.6) is 0 Å². The van der Waals surface area contributed by atoms with Crippen molar-refractivity contribution >= 4 is 16.1 Å². The highest BCUT2D eigenvalue weighted by Gasteiger charge is 2.38. The summed E-state index contributed by atoms with van der Waals surface area (Å²) < 4.78 is 35.0. The number of carbonyl (C=O) groups excluding carboxylic acids is 1. The molecule has 2 aliphatic rings. The maximum Gasteiger partial charge on any atom is 0.326 e. The summed E-state index contributed by atoms with van der Waals surface area (Å²) in [5, 5.41) is 0. The van der Waals surface area contributed by atoms with Crippen molar-refractivity contribution < 1.29 is 22.5 Å².